The number of aromatic nitrogens is 3. The number of nitrogens with one attached hydrogen (secondary N) is 4. The zero-order chi connectivity index (χ0) is 39.8. The van der Waals surface area contributed by atoms with E-state index < -0.39 is 71.3 Å². The first-order valence-corrected chi connectivity index (χ1v) is 18.9. The molecule has 1 saturated heterocycles. The number of anilines is 1. The number of aliphatic carboxylic acids is 1. The van der Waals surface area contributed by atoms with E-state index in [9.17, 15) is 43.5 Å². The van der Waals surface area contributed by atoms with Crippen LogP contribution in [0.3, 0.4) is 0 Å². The number of carbonyl (C=O) groups excluding carboxylic acids is 7. The van der Waals surface area contributed by atoms with Crippen LogP contribution in [0.15, 0.2) is 49.9 Å². The largest absolute Gasteiger partial charge is 0.477 e. The number of carboxylic acid groups (broad SMARTS) is 1. The highest BCUT2D eigenvalue weighted by Crippen LogP contribution is 2.41. The van der Waals surface area contributed by atoms with Gasteiger partial charge >= 0.3 is 23.9 Å². The number of carboxylic acids is 1. The van der Waals surface area contributed by atoms with E-state index in [1.807, 2.05) is 16.2 Å². The van der Waals surface area contributed by atoms with Crippen molar-refractivity contribution in [3.8, 4) is 11.5 Å². The Labute approximate surface area is 324 Å². The van der Waals surface area contributed by atoms with Crippen LogP contribution < -0.4 is 36.7 Å². The van der Waals surface area contributed by atoms with Crippen molar-refractivity contribution in [2.24, 2.45) is 5.16 Å². The number of nitrogens with zero attached hydrogens (tertiary/aromatic N) is 5. The number of hydrazine groups is 1. The predicted molar refractivity (Wildman–Crippen MR) is 193 cm³/mol. The van der Waals surface area contributed by atoms with Gasteiger partial charge in [0.2, 0.25) is 0 Å². The molecule has 5 rings (SSSR count). The number of benzene rings is 1. The molecule has 1 fully saturated rings. The molecule has 6 amide bonds. The quantitative estimate of drug-likeness (QED) is 0.0326. The number of β-lactam (4-membered cyclic amide) rings is 1. The first-order valence-electron chi connectivity index (χ1n) is 15.1. The molecule has 22 nitrogen and oxygen atoms in total. The molecule has 2 aliphatic heterocycles. The fourth-order valence-corrected chi connectivity index (χ4v) is 8.18. The molecule has 0 aliphatic carbocycles. The van der Waals surface area contributed by atoms with Gasteiger partial charge in [-0.2, -0.15) is 0 Å². The van der Waals surface area contributed by atoms with Crippen molar-refractivity contribution in [2.75, 3.05) is 23.8 Å². The number of oxime groups is 1. The van der Waals surface area contributed by atoms with Crippen LogP contribution in [-0.4, -0.2) is 108 Å². The lowest BCUT2D eigenvalue weighted by Gasteiger charge is -2.49. The van der Waals surface area contributed by atoms with Crippen molar-refractivity contribution in [2.45, 2.75) is 29.6 Å². The number of hydrogen-bond donors (Lipinski definition) is 6. The van der Waals surface area contributed by atoms with Crippen molar-refractivity contribution < 1.29 is 57.8 Å². The van der Waals surface area contributed by atoms with E-state index in [-0.39, 0.29) is 45.1 Å². The second-order valence-electron chi connectivity index (χ2n) is 10.7. The molecule has 0 bridgehead atoms. The van der Waals surface area contributed by atoms with Crippen molar-refractivity contribution in [1.82, 2.24) is 41.6 Å². The van der Waals surface area contributed by atoms with Crippen LogP contribution in [0.2, 0.25) is 0 Å². The van der Waals surface area contributed by atoms with Gasteiger partial charge in [0.1, 0.15) is 39.8 Å². The van der Waals surface area contributed by atoms with E-state index in [1.54, 1.807) is 5.51 Å². The summed E-state index contributed by atoms with van der Waals surface area (Å²) in [5.74, 6) is -6.22. The Bertz CT molecular complexity index is 2090. The highest BCUT2D eigenvalue weighted by atomic mass is 32.2. The van der Waals surface area contributed by atoms with Crippen molar-refractivity contribution in [3.63, 3.8) is 0 Å². The number of fused-ring (bicyclic) bond motifs is 1. The Balaban J connectivity index is 1.16. The Kier molecular flexibility index (Phi) is 13.0. The number of rotatable bonds is 13. The SMILES string of the molecule is CC(=O)Oc1cc(OC(C)=O)cc(C(=O)NC(=O)NNC(=O)CON=C(C(=O)NC2C(=O)N3C(C(=O)O)=C(CSc4nncs4)CS[C@@H]23)c2csc(N)n2)c1. The van der Waals surface area contributed by atoms with E-state index >= 15 is 0 Å². The summed E-state index contributed by atoms with van der Waals surface area (Å²) >= 11 is 4.78. The van der Waals surface area contributed by atoms with Crippen molar-refractivity contribution >= 4 is 105 Å². The third-order valence-electron chi connectivity index (χ3n) is 6.79. The zero-order valence-electron chi connectivity index (χ0n) is 28.0. The first kappa shape index (κ1) is 40.1. The summed E-state index contributed by atoms with van der Waals surface area (Å²) in [5.41, 5.74) is 10.6. The number of imide groups is 1. The molecule has 55 heavy (non-hydrogen) atoms. The number of nitrogen functional groups attached to an aromatic ring is 1. The van der Waals surface area contributed by atoms with Gasteiger partial charge < -0.3 is 30.5 Å². The number of amides is 6. The summed E-state index contributed by atoms with van der Waals surface area (Å²) in [6, 6.07) is 1.01. The summed E-state index contributed by atoms with van der Waals surface area (Å²) in [6.45, 7) is 1.33. The number of thioether (sulfide) groups is 2. The van der Waals surface area contributed by atoms with E-state index in [2.05, 4.69) is 25.7 Å². The number of ether oxygens (including phenoxy) is 2. The lowest BCUT2D eigenvalue weighted by Crippen LogP contribution is -2.71. The Morgan fingerprint density at radius 2 is 1.76 bits per heavy atom. The summed E-state index contributed by atoms with van der Waals surface area (Å²) in [5, 5.41) is 26.4. The van der Waals surface area contributed by atoms with Crippen LogP contribution in [0, 0.1) is 0 Å². The van der Waals surface area contributed by atoms with Crippen LogP contribution in [0.1, 0.15) is 29.9 Å². The van der Waals surface area contributed by atoms with Gasteiger partial charge in [0.15, 0.2) is 21.8 Å². The molecule has 2 aromatic heterocycles. The molecule has 0 saturated carbocycles. The standard InChI is InChI=1S/C29H26N10O12S4/c1-11(40)50-15-3-13(4-16(5-15)51-12(2)41)22(43)34-28(48)36-35-18(42)6-49-38-19(17-9-53-27(30)32-17)23(44)33-20-24(45)39-21(26(46)47)14(7-52-25(20)39)8-54-29-37-31-10-55-29/h3-5,9-10,20,25H,6-8H2,1-2H3,(H2,30,32)(H,33,44)(H,35,42)(H,46,47)(H2,34,36,43,48)/t20?,25-/m0/s1. The lowest BCUT2D eigenvalue weighted by atomic mass is 10.0. The molecule has 2 aliphatic rings. The predicted octanol–water partition coefficient (Wildman–Crippen LogP) is -0.150. The average molecular weight is 835 g/mol. The molecule has 4 heterocycles. The molecule has 2 atom stereocenters. The molecule has 288 valence electrons. The Hall–Kier alpha value is -6.12. The monoisotopic (exact) mass is 834 g/mol. The maximum absolute atomic E-state index is 13.4. The highest BCUT2D eigenvalue weighted by molar-refractivity contribution is 8.01. The molecule has 0 radical (unpaired) electrons. The third-order valence-corrected chi connectivity index (χ3v) is 10.7. The average Bonchev–Trinajstić information content (AvgIpc) is 3.81. The first-order chi connectivity index (χ1) is 26.2. The molecule has 3 aromatic rings. The number of esters is 2. The van der Waals surface area contributed by atoms with Crippen molar-refractivity contribution in [3.05, 3.63) is 51.6 Å². The minimum absolute atomic E-state index is 0.0580. The molecular weight excluding hydrogens is 809 g/mol. The molecule has 0 spiro atoms. The Morgan fingerprint density at radius 3 is 2.36 bits per heavy atom. The molecule has 1 unspecified atom stereocenters. The zero-order valence-corrected chi connectivity index (χ0v) is 31.3. The highest BCUT2D eigenvalue weighted by Gasteiger charge is 2.54. The van der Waals surface area contributed by atoms with Gasteiger partial charge in [0.05, 0.1) is 0 Å². The van der Waals surface area contributed by atoms with Gasteiger partial charge in [0.25, 0.3) is 23.6 Å². The minimum atomic E-state index is -1.30. The van der Waals surface area contributed by atoms with E-state index in [0.717, 1.165) is 42.2 Å². The fourth-order valence-electron chi connectivity index (χ4n) is 4.66. The summed E-state index contributed by atoms with van der Waals surface area (Å²) in [7, 11) is 0. The Morgan fingerprint density at radius 1 is 1.05 bits per heavy atom. The summed E-state index contributed by atoms with van der Waals surface area (Å²) < 4.78 is 10.5. The normalized spacial score (nSPS) is 16.2. The second-order valence-corrected chi connectivity index (χ2v) is 14.8. The number of nitrogens with two attached hydrogens (primary N) is 1. The maximum atomic E-state index is 13.4. The van der Waals surface area contributed by atoms with E-state index in [4.69, 9.17) is 20.0 Å². The molecule has 7 N–H and O–H groups in total. The number of thiazole rings is 1. The van der Waals surface area contributed by atoms with Crippen LogP contribution >= 0.6 is 46.2 Å². The number of urea groups is 1. The van der Waals surface area contributed by atoms with Crippen LogP contribution in [0.25, 0.3) is 0 Å². The third kappa shape index (κ3) is 10.3. The van der Waals surface area contributed by atoms with Gasteiger partial charge in [-0.1, -0.05) is 28.3 Å². The van der Waals surface area contributed by atoms with E-state index in [0.29, 0.717) is 9.91 Å². The van der Waals surface area contributed by atoms with Crippen LogP contribution in [-0.2, 0) is 33.6 Å². The minimum Gasteiger partial charge on any atom is -0.477 e. The second kappa shape index (κ2) is 17.8. The lowest BCUT2D eigenvalue weighted by molar-refractivity contribution is -0.150. The van der Waals surface area contributed by atoms with Gasteiger partial charge in [-0.15, -0.1) is 33.3 Å². The van der Waals surface area contributed by atoms with Gasteiger partial charge in [-0.05, 0) is 17.7 Å². The number of hydrogen-bond acceptors (Lipinski definition) is 20. The van der Waals surface area contributed by atoms with Gasteiger partial charge in [0, 0.05) is 42.4 Å². The summed E-state index contributed by atoms with van der Waals surface area (Å²) in [4.78, 5) is 109. The van der Waals surface area contributed by atoms with E-state index in [1.165, 1.54) is 46.3 Å². The molecular formula is C29H26N10O12S4. The molecule has 26 heteroatoms. The van der Waals surface area contributed by atoms with Gasteiger partial charge in [-0.3, -0.25) is 44.4 Å². The smallest absolute Gasteiger partial charge is 0.352 e. The summed E-state index contributed by atoms with van der Waals surface area (Å²) in [6.07, 6.45) is 0. The van der Waals surface area contributed by atoms with Crippen molar-refractivity contribution in [1.29, 1.82) is 0 Å². The van der Waals surface area contributed by atoms with Gasteiger partial charge in [-0.25, -0.2) is 20.0 Å². The topological polar surface area (TPSA) is 313 Å². The maximum Gasteiger partial charge on any atom is 0.352 e. The van der Waals surface area contributed by atoms with Crippen LogP contribution in [0.5, 0.6) is 11.5 Å². The van der Waals surface area contributed by atoms with Crippen LogP contribution in [0.4, 0.5) is 9.93 Å². The molecule has 1 aromatic carbocycles. The number of carbonyl (C=O) groups is 8. The fraction of sp³-hybridized carbons (Fsp3) is 0.241.